The lowest BCUT2D eigenvalue weighted by atomic mass is 9.96. The van der Waals surface area contributed by atoms with Crippen LogP contribution in [0, 0.1) is 5.92 Å². The van der Waals surface area contributed by atoms with Crippen LogP contribution in [-0.4, -0.2) is 40.0 Å². The van der Waals surface area contributed by atoms with Gasteiger partial charge in [0.2, 0.25) is 0 Å². The molecule has 2 aliphatic heterocycles. The first-order valence-electron chi connectivity index (χ1n) is 11.9. The zero-order chi connectivity index (χ0) is 20.9. The molecule has 3 atom stereocenters. The van der Waals surface area contributed by atoms with E-state index in [1.165, 1.54) is 32.2 Å². The van der Waals surface area contributed by atoms with Gasteiger partial charge in [-0.15, -0.1) is 0 Å². The molecule has 0 radical (unpaired) electrons. The van der Waals surface area contributed by atoms with E-state index in [-0.39, 0.29) is 11.9 Å². The molecule has 4 heteroatoms. The van der Waals surface area contributed by atoms with E-state index in [9.17, 15) is 4.79 Å². The molecule has 3 fully saturated rings. The predicted molar refractivity (Wildman–Crippen MR) is 125 cm³/mol. The topological polar surface area (TPSA) is 37.3 Å². The fourth-order valence-electron chi connectivity index (χ4n) is 6.10. The Balaban J connectivity index is 1.30. The normalized spacial score (nSPS) is 25.8. The third kappa shape index (κ3) is 3.38. The van der Waals surface area contributed by atoms with Crippen molar-refractivity contribution in [3.63, 3.8) is 0 Å². The number of carbonyl (C=O) groups excluding carboxylic acids is 1. The minimum atomic E-state index is 0.0793. The summed E-state index contributed by atoms with van der Waals surface area (Å²) in [6, 6.07) is 20.2. The van der Waals surface area contributed by atoms with Crippen molar-refractivity contribution in [2.45, 2.75) is 56.7 Å². The van der Waals surface area contributed by atoms with Gasteiger partial charge in [0.25, 0.3) is 5.91 Å². The van der Waals surface area contributed by atoms with Gasteiger partial charge in [-0.2, -0.15) is 0 Å². The first-order chi connectivity index (χ1) is 15.2. The van der Waals surface area contributed by atoms with E-state index in [0.717, 1.165) is 46.5 Å². The molecule has 4 nitrogen and oxygen atoms in total. The average Bonchev–Trinajstić information content (AvgIpc) is 3.51. The summed E-state index contributed by atoms with van der Waals surface area (Å²) in [5.74, 6) is 1.02. The average molecular weight is 414 g/mol. The van der Waals surface area contributed by atoms with Crippen molar-refractivity contribution in [3.8, 4) is 11.3 Å². The zero-order valence-corrected chi connectivity index (χ0v) is 18.3. The Labute approximate surface area is 184 Å². The van der Waals surface area contributed by atoms with Gasteiger partial charge in [0.05, 0.1) is 11.3 Å². The third-order valence-corrected chi connectivity index (χ3v) is 7.77. The van der Waals surface area contributed by atoms with Crippen LogP contribution in [0.3, 0.4) is 0 Å². The molecule has 3 heterocycles. The fourth-order valence-corrected chi connectivity index (χ4v) is 6.10. The number of amides is 1. The van der Waals surface area contributed by atoms with Crippen LogP contribution in [0.15, 0.2) is 54.6 Å². The standard InChI is InChI=1S/C27H31N3O/c1-29-24-10-6-5-9-23(24)25(26(29)19-7-3-2-4-8-19)27(31)28-20-15-21-13-14-22(16-20)30(21)17-18-11-12-18/h2-10,18,20-22H,11-17H2,1H3,(H,28,31)/t20?,21-,22+. The van der Waals surface area contributed by atoms with Gasteiger partial charge in [0.15, 0.2) is 0 Å². The quantitative estimate of drug-likeness (QED) is 0.640. The summed E-state index contributed by atoms with van der Waals surface area (Å²) in [4.78, 5) is 16.5. The predicted octanol–water partition coefficient (Wildman–Crippen LogP) is 4.98. The van der Waals surface area contributed by atoms with Gasteiger partial charge in [0.1, 0.15) is 0 Å². The fraction of sp³-hybridized carbons (Fsp3) is 0.444. The Morgan fingerprint density at radius 3 is 2.32 bits per heavy atom. The highest BCUT2D eigenvalue weighted by atomic mass is 16.1. The lowest BCUT2D eigenvalue weighted by Gasteiger charge is -2.39. The second-order valence-corrected chi connectivity index (χ2v) is 9.83. The Kier molecular flexibility index (Phi) is 4.64. The van der Waals surface area contributed by atoms with Crippen molar-refractivity contribution in [1.29, 1.82) is 0 Å². The molecule has 1 N–H and O–H groups in total. The first kappa shape index (κ1) is 19.1. The van der Waals surface area contributed by atoms with E-state index in [1.807, 2.05) is 30.3 Å². The number of piperidine rings is 1. The summed E-state index contributed by atoms with van der Waals surface area (Å²) in [5, 5.41) is 4.50. The number of aromatic nitrogens is 1. The van der Waals surface area contributed by atoms with Crippen LogP contribution in [0.5, 0.6) is 0 Å². The summed E-state index contributed by atoms with van der Waals surface area (Å²) in [6.07, 6.45) is 7.63. The van der Waals surface area contributed by atoms with Crippen LogP contribution in [0.25, 0.3) is 22.2 Å². The molecule has 1 aliphatic carbocycles. The Hall–Kier alpha value is -2.59. The number of hydrogen-bond donors (Lipinski definition) is 1. The van der Waals surface area contributed by atoms with Gasteiger partial charge in [-0.25, -0.2) is 0 Å². The van der Waals surface area contributed by atoms with E-state index >= 15 is 0 Å². The molecule has 1 unspecified atom stereocenters. The second kappa shape index (κ2) is 7.52. The van der Waals surface area contributed by atoms with E-state index in [1.54, 1.807) is 0 Å². The minimum absolute atomic E-state index is 0.0793. The van der Waals surface area contributed by atoms with Gasteiger partial charge in [0, 0.05) is 42.6 Å². The molecule has 1 aromatic heterocycles. The summed E-state index contributed by atoms with van der Waals surface area (Å²) >= 11 is 0. The monoisotopic (exact) mass is 413 g/mol. The van der Waals surface area contributed by atoms with Crippen molar-refractivity contribution in [2.75, 3.05) is 6.54 Å². The number of carbonyl (C=O) groups is 1. The highest BCUT2D eigenvalue weighted by Crippen LogP contribution is 2.40. The van der Waals surface area contributed by atoms with Crippen LogP contribution < -0.4 is 5.32 Å². The van der Waals surface area contributed by atoms with Crippen molar-refractivity contribution in [3.05, 3.63) is 60.2 Å². The van der Waals surface area contributed by atoms with Crippen LogP contribution in [0.2, 0.25) is 0 Å². The molecule has 1 saturated carbocycles. The Morgan fingerprint density at radius 2 is 1.61 bits per heavy atom. The van der Waals surface area contributed by atoms with Crippen LogP contribution in [-0.2, 0) is 7.05 Å². The molecule has 0 spiro atoms. The zero-order valence-electron chi connectivity index (χ0n) is 18.3. The summed E-state index contributed by atoms with van der Waals surface area (Å²) in [5.41, 5.74) is 4.02. The van der Waals surface area contributed by atoms with Crippen molar-refractivity contribution in [2.24, 2.45) is 13.0 Å². The Morgan fingerprint density at radius 1 is 0.935 bits per heavy atom. The van der Waals surface area contributed by atoms with Gasteiger partial charge >= 0.3 is 0 Å². The lowest BCUT2D eigenvalue weighted by molar-refractivity contribution is 0.0836. The number of para-hydroxylation sites is 1. The highest BCUT2D eigenvalue weighted by Gasteiger charge is 2.43. The van der Waals surface area contributed by atoms with Crippen LogP contribution in [0.1, 0.15) is 48.9 Å². The van der Waals surface area contributed by atoms with Gasteiger partial charge < -0.3 is 9.88 Å². The number of nitrogens with one attached hydrogen (secondary N) is 1. The van der Waals surface area contributed by atoms with E-state index in [2.05, 4.69) is 46.1 Å². The second-order valence-electron chi connectivity index (χ2n) is 9.83. The van der Waals surface area contributed by atoms with E-state index in [0.29, 0.717) is 12.1 Å². The molecule has 31 heavy (non-hydrogen) atoms. The molecule has 2 aromatic carbocycles. The van der Waals surface area contributed by atoms with Crippen LogP contribution in [0.4, 0.5) is 0 Å². The molecular formula is C27H31N3O. The van der Waals surface area contributed by atoms with E-state index in [4.69, 9.17) is 0 Å². The van der Waals surface area contributed by atoms with Crippen molar-refractivity contribution >= 4 is 16.8 Å². The largest absolute Gasteiger partial charge is 0.349 e. The van der Waals surface area contributed by atoms with E-state index < -0.39 is 0 Å². The van der Waals surface area contributed by atoms with Gasteiger partial charge in [-0.3, -0.25) is 9.69 Å². The maximum absolute atomic E-state index is 13.7. The molecule has 6 rings (SSSR count). The minimum Gasteiger partial charge on any atom is -0.349 e. The first-order valence-corrected chi connectivity index (χ1v) is 11.9. The number of fused-ring (bicyclic) bond motifs is 3. The van der Waals surface area contributed by atoms with Gasteiger partial charge in [-0.1, -0.05) is 48.5 Å². The maximum Gasteiger partial charge on any atom is 0.254 e. The maximum atomic E-state index is 13.7. The Bertz CT molecular complexity index is 1100. The molecule has 2 bridgehead atoms. The summed E-state index contributed by atoms with van der Waals surface area (Å²) in [7, 11) is 2.07. The number of rotatable bonds is 5. The molecular weight excluding hydrogens is 382 g/mol. The number of aryl methyl sites for hydroxylation is 1. The SMILES string of the molecule is Cn1c(-c2ccccc2)c(C(=O)NC2C[C@H]3CC[C@@H](C2)N3CC2CC2)c2ccccc21. The number of hydrogen-bond acceptors (Lipinski definition) is 2. The molecule has 160 valence electrons. The number of benzene rings is 2. The molecule has 1 amide bonds. The molecule has 3 aliphatic rings. The highest BCUT2D eigenvalue weighted by molar-refractivity contribution is 6.12. The molecule has 3 aromatic rings. The smallest absolute Gasteiger partial charge is 0.254 e. The summed E-state index contributed by atoms with van der Waals surface area (Å²) < 4.78 is 2.17. The van der Waals surface area contributed by atoms with Gasteiger partial charge in [-0.05, 0) is 56.1 Å². The molecule has 2 saturated heterocycles. The third-order valence-electron chi connectivity index (χ3n) is 7.77. The summed E-state index contributed by atoms with van der Waals surface area (Å²) in [6.45, 7) is 1.29. The number of nitrogens with zero attached hydrogens (tertiary/aromatic N) is 2. The van der Waals surface area contributed by atoms with Crippen LogP contribution >= 0.6 is 0 Å². The lowest BCUT2D eigenvalue weighted by Crippen LogP contribution is -2.50. The van der Waals surface area contributed by atoms with Crippen molar-refractivity contribution < 1.29 is 4.79 Å². The van der Waals surface area contributed by atoms with Crippen molar-refractivity contribution in [1.82, 2.24) is 14.8 Å².